The molecule has 0 saturated carbocycles. The summed E-state index contributed by atoms with van der Waals surface area (Å²) in [5.74, 6) is 1.08. The number of rotatable bonds is 10. The fourth-order valence-electron chi connectivity index (χ4n) is 4.15. The van der Waals surface area contributed by atoms with Crippen molar-refractivity contribution in [1.29, 1.82) is 0 Å². The minimum atomic E-state index is -3.68. The Morgan fingerprint density at radius 3 is 2.33 bits per heavy atom. The fourth-order valence-corrected chi connectivity index (χ4v) is 5.36. The van der Waals surface area contributed by atoms with Crippen LogP contribution < -0.4 is 4.74 Å². The third-order valence-electron chi connectivity index (χ3n) is 6.35. The molecule has 0 atom stereocenters. The molecule has 33 heavy (non-hydrogen) atoms. The normalized spacial score (nSPS) is 15.1. The average Bonchev–Trinajstić information content (AvgIpc) is 2.83. The molecule has 0 aliphatic carbocycles. The number of likely N-dealkylation sites (tertiary alicyclic amines) is 1. The van der Waals surface area contributed by atoms with Crippen LogP contribution in [0.5, 0.6) is 5.75 Å². The molecular formula is C25H33FN2O4S. The maximum atomic E-state index is 13.1. The number of hydrogen-bond donors (Lipinski definition) is 0. The maximum Gasteiger partial charge on any atom is 0.242 e. The SMILES string of the molecule is COc1ccc(CCC2CCN(C(=O)CCCN(C)S(=O)(=O)c3ccc(F)cc3)CC2)cc1. The van der Waals surface area contributed by atoms with Crippen molar-refractivity contribution in [2.45, 2.75) is 43.4 Å². The van der Waals surface area contributed by atoms with Crippen molar-refractivity contribution >= 4 is 15.9 Å². The highest BCUT2D eigenvalue weighted by Crippen LogP contribution is 2.24. The second kappa shape index (κ2) is 11.6. The Morgan fingerprint density at radius 1 is 1.09 bits per heavy atom. The summed E-state index contributed by atoms with van der Waals surface area (Å²) >= 11 is 0. The van der Waals surface area contributed by atoms with Crippen LogP contribution in [0.1, 0.15) is 37.7 Å². The summed E-state index contributed by atoms with van der Waals surface area (Å²) in [6.45, 7) is 1.76. The van der Waals surface area contributed by atoms with E-state index >= 15 is 0 Å². The molecular weight excluding hydrogens is 443 g/mol. The zero-order chi connectivity index (χ0) is 23.8. The maximum absolute atomic E-state index is 13.1. The molecule has 0 aromatic heterocycles. The number of methoxy groups -OCH3 is 1. The third-order valence-corrected chi connectivity index (χ3v) is 8.22. The number of amides is 1. The van der Waals surface area contributed by atoms with E-state index in [9.17, 15) is 17.6 Å². The lowest BCUT2D eigenvalue weighted by Gasteiger charge is -2.32. The van der Waals surface area contributed by atoms with E-state index in [0.29, 0.717) is 18.8 Å². The topological polar surface area (TPSA) is 66.9 Å². The molecule has 2 aromatic rings. The summed E-state index contributed by atoms with van der Waals surface area (Å²) in [7, 11) is -0.536. The van der Waals surface area contributed by atoms with Crippen molar-refractivity contribution in [3.63, 3.8) is 0 Å². The molecule has 1 aliphatic heterocycles. The van der Waals surface area contributed by atoms with Gasteiger partial charge in [0, 0.05) is 33.1 Å². The Bertz CT molecular complexity index is 1000. The number of aryl methyl sites for hydroxylation is 1. The third kappa shape index (κ3) is 7.01. The van der Waals surface area contributed by atoms with Gasteiger partial charge in [0.1, 0.15) is 11.6 Å². The van der Waals surface area contributed by atoms with Crippen LogP contribution >= 0.6 is 0 Å². The van der Waals surface area contributed by atoms with Gasteiger partial charge in [0.05, 0.1) is 12.0 Å². The molecule has 0 radical (unpaired) electrons. The van der Waals surface area contributed by atoms with E-state index < -0.39 is 15.8 Å². The van der Waals surface area contributed by atoms with Crippen molar-refractivity contribution in [3.8, 4) is 5.75 Å². The van der Waals surface area contributed by atoms with Crippen LogP contribution in [-0.2, 0) is 21.2 Å². The fraction of sp³-hybridized carbons (Fsp3) is 0.480. The zero-order valence-corrected chi connectivity index (χ0v) is 20.2. The molecule has 1 heterocycles. The highest BCUT2D eigenvalue weighted by atomic mass is 32.2. The number of halogens is 1. The summed E-state index contributed by atoms with van der Waals surface area (Å²) in [6.07, 6.45) is 4.91. The number of carbonyl (C=O) groups is 1. The first-order valence-corrected chi connectivity index (χ1v) is 12.9. The first-order chi connectivity index (χ1) is 15.8. The minimum Gasteiger partial charge on any atom is -0.497 e. The Labute approximate surface area is 196 Å². The molecule has 3 rings (SSSR count). The largest absolute Gasteiger partial charge is 0.497 e. The number of hydrogen-bond acceptors (Lipinski definition) is 4. The van der Waals surface area contributed by atoms with Gasteiger partial charge in [0.25, 0.3) is 0 Å². The van der Waals surface area contributed by atoms with Crippen LogP contribution in [0.2, 0.25) is 0 Å². The number of ether oxygens (including phenoxy) is 1. The molecule has 0 N–H and O–H groups in total. The molecule has 2 aromatic carbocycles. The lowest BCUT2D eigenvalue weighted by Crippen LogP contribution is -2.39. The molecule has 1 fully saturated rings. The Balaban J connectivity index is 1.37. The number of sulfonamides is 1. The van der Waals surface area contributed by atoms with Crippen molar-refractivity contribution in [2.75, 3.05) is 33.8 Å². The van der Waals surface area contributed by atoms with Gasteiger partial charge in [0.15, 0.2) is 0 Å². The van der Waals surface area contributed by atoms with E-state index in [4.69, 9.17) is 4.74 Å². The van der Waals surface area contributed by atoms with Crippen molar-refractivity contribution in [3.05, 3.63) is 59.9 Å². The molecule has 0 unspecified atom stereocenters. The molecule has 1 amide bonds. The second-order valence-electron chi connectivity index (χ2n) is 8.59. The van der Waals surface area contributed by atoms with Gasteiger partial charge in [-0.15, -0.1) is 0 Å². The van der Waals surface area contributed by atoms with Crippen LogP contribution in [0.15, 0.2) is 53.4 Å². The van der Waals surface area contributed by atoms with Crippen LogP contribution in [0, 0.1) is 11.7 Å². The van der Waals surface area contributed by atoms with Gasteiger partial charge in [-0.05, 0) is 80.0 Å². The van der Waals surface area contributed by atoms with E-state index in [-0.39, 0.29) is 17.3 Å². The van der Waals surface area contributed by atoms with Crippen molar-refractivity contribution in [1.82, 2.24) is 9.21 Å². The summed E-state index contributed by atoms with van der Waals surface area (Å²) in [5, 5.41) is 0. The van der Waals surface area contributed by atoms with Crippen molar-refractivity contribution < 1.29 is 22.3 Å². The molecule has 6 nitrogen and oxygen atoms in total. The van der Waals surface area contributed by atoms with E-state index in [1.54, 1.807) is 7.11 Å². The van der Waals surface area contributed by atoms with Crippen LogP contribution in [0.4, 0.5) is 4.39 Å². The Hall–Kier alpha value is -2.45. The van der Waals surface area contributed by atoms with E-state index in [0.717, 1.165) is 56.7 Å². The monoisotopic (exact) mass is 476 g/mol. The smallest absolute Gasteiger partial charge is 0.242 e. The molecule has 1 aliphatic rings. The predicted octanol–water partition coefficient (Wildman–Crippen LogP) is 4.11. The number of nitrogens with zero attached hydrogens (tertiary/aromatic N) is 2. The standard InChI is InChI=1S/C25H33FN2O4S/c1-27(33(30,31)24-13-9-22(26)10-14-24)17-3-4-25(29)28-18-15-21(16-19-28)6-5-20-7-11-23(32-2)12-8-20/h7-14,21H,3-6,15-19H2,1-2H3. The molecule has 180 valence electrons. The van der Waals surface area contributed by atoms with Crippen LogP contribution in [0.25, 0.3) is 0 Å². The number of carbonyl (C=O) groups excluding carboxylic acids is 1. The predicted molar refractivity (Wildman–Crippen MR) is 126 cm³/mol. The number of piperidine rings is 1. The van der Waals surface area contributed by atoms with Crippen LogP contribution in [-0.4, -0.2) is 57.3 Å². The lowest BCUT2D eigenvalue weighted by molar-refractivity contribution is -0.132. The first kappa shape index (κ1) is 25.2. The molecule has 0 bridgehead atoms. The van der Waals surface area contributed by atoms with Crippen molar-refractivity contribution in [2.24, 2.45) is 5.92 Å². The summed E-state index contributed by atoms with van der Waals surface area (Å²) < 4.78 is 44.6. The van der Waals surface area contributed by atoms with Gasteiger partial charge in [-0.3, -0.25) is 4.79 Å². The summed E-state index contributed by atoms with van der Waals surface area (Å²) in [5.41, 5.74) is 1.30. The zero-order valence-electron chi connectivity index (χ0n) is 19.4. The molecule has 0 spiro atoms. The molecule has 1 saturated heterocycles. The van der Waals surface area contributed by atoms with Gasteiger partial charge in [-0.2, -0.15) is 0 Å². The quantitative estimate of drug-likeness (QED) is 0.518. The van der Waals surface area contributed by atoms with Crippen LogP contribution in [0.3, 0.4) is 0 Å². The highest BCUT2D eigenvalue weighted by Gasteiger charge is 2.24. The van der Waals surface area contributed by atoms with Gasteiger partial charge >= 0.3 is 0 Å². The summed E-state index contributed by atoms with van der Waals surface area (Å²) in [6, 6.07) is 12.9. The van der Waals surface area contributed by atoms with Gasteiger partial charge in [-0.25, -0.2) is 17.1 Å². The number of benzene rings is 2. The Kier molecular flexibility index (Phi) is 8.86. The van der Waals surface area contributed by atoms with E-state index in [1.165, 1.54) is 29.0 Å². The average molecular weight is 477 g/mol. The summed E-state index contributed by atoms with van der Waals surface area (Å²) in [4.78, 5) is 14.5. The van der Waals surface area contributed by atoms with Gasteiger partial charge < -0.3 is 9.64 Å². The Morgan fingerprint density at radius 2 is 1.73 bits per heavy atom. The van der Waals surface area contributed by atoms with E-state index in [1.807, 2.05) is 17.0 Å². The van der Waals surface area contributed by atoms with Gasteiger partial charge in [-0.1, -0.05) is 12.1 Å². The van der Waals surface area contributed by atoms with E-state index in [2.05, 4.69) is 12.1 Å². The second-order valence-corrected chi connectivity index (χ2v) is 10.6. The highest BCUT2D eigenvalue weighted by molar-refractivity contribution is 7.89. The first-order valence-electron chi connectivity index (χ1n) is 11.4. The minimum absolute atomic E-state index is 0.0504. The van der Waals surface area contributed by atoms with Gasteiger partial charge in [0.2, 0.25) is 15.9 Å². The molecule has 8 heteroatoms. The lowest BCUT2D eigenvalue weighted by atomic mass is 9.90.